The quantitative estimate of drug-likeness (QED) is 0.705. The number of carbonyl (C=O) groups is 1. The second-order valence-electron chi connectivity index (χ2n) is 6.25. The Morgan fingerprint density at radius 3 is 2.96 bits per heavy atom. The fourth-order valence-electron chi connectivity index (χ4n) is 3.41. The first-order chi connectivity index (χ1) is 12.0. The maximum atomic E-state index is 13.2. The van der Waals surface area contributed by atoms with Crippen LogP contribution in [0.5, 0.6) is 0 Å². The van der Waals surface area contributed by atoms with Crippen molar-refractivity contribution in [1.29, 1.82) is 0 Å². The number of hydrogen-bond acceptors (Lipinski definition) is 3. The van der Waals surface area contributed by atoms with Crippen LogP contribution in [0.3, 0.4) is 0 Å². The van der Waals surface area contributed by atoms with Crippen molar-refractivity contribution in [2.24, 2.45) is 7.05 Å². The van der Waals surface area contributed by atoms with E-state index in [9.17, 15) is 9.18 Å². The van der Waals surface area contributed by atoms with E-state index in [2.05, 4.69) is 4.98 Å². The van der Waals surface area contributed by atoms with E-state index in [1.807, 2.05) is 17.7 Å². The summed E-state index contributed by atoms with van der Waals surface area (Å²) in [7, 11) is 1.97. The van der Waals surface area contributed by atoms with Crippen LogP contribution in [0.15, 0.2) is 36.7 Å². The molecule has 128 valence electrons. The lowest BCUT2D eigenvalue weighted by Gasteiger charge is -2.17. The Labute approximate surface area is 149 Å². The van der Waals surface area contributed by atoms with E-state index >= 15 is 0 Å². The van der Waals surface area contributed by atoms with Gasteiger partial charge in [-0.05, 0) is 30.7 Å². The average molecular weight is 359 g/mol. The Morgan fingerprint density at radius 2 is 2.20 bits per heavy atom. The Morgan fingerprint density at radius 1 is 1.36 bits per heavy atom. The smallest absolute Gasteiger partial charge is 0.255 e. The SMILES string of the molecule is Cn1c([C@@H]2CCN(C(=O)c3ccc(F)cc3Cl)C2)nc2ccncc21. The lowest BCUT2D eigenvalue weighted by Crippen LogP contribution is -2.29. The number of nitrogens with zero attached hydrogens (tertiary/aromatic N) is 4. The van der Waals surface area contributed by atoms with Crippen molar-refractivity contribution in [3.05, 3.63) is 58.9 Å². The van der Waals surface area contributed by atoms with Gasteiger partial charge in [-0.1, -0.05) is 11.6 Å². The second kappa shape index (κ2) is 6.11. The lowest BCUT2D eigenvalue weighted by molar-refractivity contribution is 0.0790. The zero-order chi connectivity index (χ0) is 17.6. The predicted octanol–water partition coefficient (Wildman–Crippen LogP) is 3.39. The number of likely N-dealkylation sites (tertiary alicyclic amines) is 1. The molecule has 3 aromatic rings. The molecule has 1 saturated heterocycles. The normalized spacial score (nSPS) is 17.4. The zero-order valence-electron chi connectivity index (χ0n) is 13.6. The van der Waals surface area contributed by atoms with E-state index in [0.29, 0.717) is 18.7 Å². The van der Waals surface area contributed by atoms with Gasteiger partial charge in [0.2, 0.25) is 0 Å². The third-order valence-electron chi connectivity index (χ3n) is 4.72. The second-order valence-corrected chi connectivity index (χ2v) is 6.66. The molecule has 0 unspecified atom stereocenters. The minimum Gasteiger partial charge on any atom is -0.338 e. The van der Waals surface area contributed by atoms with Crippen LogP contribution in [-0.4, -0.2) is 38.4 Å². The van der Waals surface area contributed by atoms with E-state index in [1.54, 1.807) is 17.3 Å². The molecule has 1 aliphatic rings. The van der Waals surface area contributed by atoms with E-state index < -0.39 is 5.82 Å². The van der Waals surface area contributed by atoms with E-state index in [1.165, 1.54) is 18.2 Å². The van der Waals surface area contributed by atoms with Crippen LogP contribution in [0.25, 0.3) is 11.0 Å². The van der Waals surface area contributed by atoms with Gasteiger partial charge in [-0.25, -0.2) is 9.37 Å². The van der Waals surface area contributed by atoms with Gasteiger partial charge in [0, 0.05) is 32.3 Å². The van der Waals surface area contributed by atoms with Gasteiger partial charge in [0.25, 0.3) is 5.91 Å². The number of aromatic nitrogens is 3. The molecule has 3 heterocycles. The van der Waals surface area contributed by atoms with Gasteiger partial charge >= 0.3 is 0 Å². The van der Waals surface area contributed by atoms with Gasteiger partial charge in [0.1, 0.15) is 11.6 Å². The van der Waals surface area contributed by atoms with Gasteiger partial charge in [-0.3, -0.25) is 9.78 Å². The molecule has 5 nitrogen and oxygen atoms in total. The highest BCUT2D eigenvalue weighted by Crippen LogP contribution is 2.30. The van der Waals surface area contributed by atoms with Crippen molar-refractivity contribution in [2.45, 2.75) is 12.3 Å². The number of pyridine rings is 1. The van der Waals surface area contributed by atoms with Gasteiger partial charge in [-0.15, -0.1) is 0 Å². The van der Waals surface area contributed by atoms with Gasteiger partial charge in [0.05, 0.1) is 27.8 Å². The molecule has 0 aliphatic carbocycles. The summed E-state index contributed by atoms with van der Waals surface area (Å²) in [6.45, 7) is 1.19. The maximum Gasteiger partial charge on any atom is 0.255 e. The maximum absolute atomic E-state index is 13.2. The predicted molar refractivity (Wildman–Crippen MR) is 93.2 cm³/mol. The molecule has 1 atom stereocenters. The van der Waals surface area contributed by atoms with Crippen molar-refractivity contribution in [2.75, 3.05) is 13.1 Å². The number of rotatable bonds is 2. The number of benzene rings is 1. The van der Waals surface area contributed by atoms with Crippen molar-refractivity contribution in [1.82, 2.24) is 19.4 Å². The first-order valence-electron chi connectivity index (χ1n) is 8.05. The van der Waals surface area contributed by atoms with Crippen LogP contribution in [0, 0.1) is 5.82 Å². The third kappa shape index (κ3) is 2.76. The highest BCUT2D eigenvalue weighted by Gasteiger charge is 2.31. The summed E-state index contributed by atoms with van der Waals surface area (Å²) in [6.07, 6.45) is 4.34. The van der Waals surface area contributed by atoms with Crippen LogP contribution in [0.1, 0.15) is 28.5 Å². The summed E-state index contributed by atoms with van der Waals surface area (Å²) in [4.78, 5) is 23.3. The topological polar surface area (TPSA) is 51.0 Å². The molecule has 0 spiro atoms. The average Bonchev–Trinajstić information content (AvgIpc) is 3.20. The van der Waals surface area contributed by atoms with Gasteiger partial charge in [0.15, 0.2) is 0 Å². The van der Waals surface area contributed by atoms with Crippen LogP contribution in [-0.2, 0) is 7.05 Å². The minimum atomic E-state index is -0.450. The monoisotopic (exact) mass is 358 g/mol. The first kappa shape index (κ1) is 16.0. The van der Waals surface area contributed by atoms with Gasteiger partial charge in [-0.2, -0.15) is 0 Å². The molecule has 0 bridgehead atoms. The highest BCUT2D eigenvalue weighted by molar-refractivity contribution is 6.33. The largest absolute Gasteiger partial charge is 0.338 e. The molecule has 0 N–H and O–H groups in total. The van der Waals surface area contributed by atoms with Crippen molar-refractivity contribution < 1.29 is 9.18 Å². The molecule has 1 amide bonds. The molecule has 7 heteroatoms. The fraction of sp³-hybridized carbons (Fsp3) is 0.278. The van der Waals surface area contributed by atoms with Crippen molar-refractivity contribution >= 4 is 28.5 Å². The summed E-state index contributed by atoms with van der Waals surface area (Å²) >= 11 is 6.02. The number of fused-ring (bicyclic) bond motifs is 1. The van der Waals surface area contributed by atoms with E-state index in [-0.39, 0.29) is 16.8 Å². The summed E-state index contributed by atoms with van der Waals surface area (Å²) in [5.74, 6) is 0.478. The van der Waals surface area contributed by atoms with Gasteiger partial charge < -0.3 is 9.47 Å². The zero-order valence-corrected chi connectivity index (χ0v) is 14.4. The molecular formula is C18H16ClFN4O. The number of amides is 1. The molecule has 25 heavy (non-hydrogen) atoms. The molecular weight excluding hydrogens is 343 g/mol. The summed E-state index contributed by atoms with van der Waals surface area (Å²) < 4.78 is 15.2. The van der Waals surface area contributed by atoms with Crippen LogP contribution >= 0.6 is 11.6 Å². The Hall–Kier alpha value is -2.47. The molecule has 0 saturated carbocycles. The summed E-state index contributed by atoms with van der Waals surface area (Å²) in [5.41, 5.74) is 2.21. The van der Waals surface area contributed by atoms with Crippen LogP contribution in [0.2, 0.25) is 5.02 Å². The number of aryl methyl sites for hydroxylation is 1. The third-order valence-corrected chi connectivity index (χ3v) is 5.03. The van der Waals surface area contributed by atoms with E-state index in [4.69, 9.17) is 16.6 Å². The fourth-order valence-corrected chi connectivity index (χ4v) is 3.66. The number of hydrogen-bond donors (Lipinski definition) is 0. The van der Waals surface area contributed by atoms with Crippen LogP contribution in [0.4, 0.5) is 4.39 Å². The first-order valence-corrected chi connectivity index (χ1v) is 8.43. The standard InChI is InChI=1S/C18H16ClFN4O/c1-23-16-9-21-6-4-15(16)22-17(23)11-5-7-24(10-11)18(25)13-3-2-12(20)8-14(13)19/h2-4,6,8-9,11H,5,7,10H2,1H3/t11-/m1/s1. The lowest BCUT2D eigenvalue weighted by atomic mass is 10.1. The Bertz CT molecular complexity index is 971. The van der Waals surface area contributed by atoms with E-state index in [0.717, 1.165) is 23.3 Å². The number of halogens is 2. The highest BCUT2D eigenvalue weighted by atomic mass is 35.5. The summed E-state index contributed by atoms with van der Waals surface area (Å²) in [5, 5.41) is 0.141. The molecule has 4 rings (SSSR count). The van der Waals surface area contributed by atoms with Crippen molar-refractivity contribution in [3.8, 4) is 0 Å². The molecule has 1 aromatic carbocycles. The minimum absolute atomic E-state index is 0.141. The van der Waals surface area contributed by atoms with Crippen molar-refractivity contribution in [3.63, 3.8) is 0 Å². The molecule has 2 aromatic heterocycles. The number of carbonyl (C=O) groups excluding carboxylic acids is 1. The Balaban J connectivity index is 1.58. The Kier molecular flexibility index (Phi) is 3.92. The number of imidazole rings is 1. The van der Waals surface area contributed by atoms with Crippen LogP contribution < -0.4 is 0 Å². The summed E-state index contributed by atoms with van der Waals surface area (Å²) in [6, 6.07) is 5.75. The molecule has 1 aliphatic heterocycles. The molecule has 1 fully saturated rings. The molecule has 0 radical (unpaired) electrons.